The quantitative estimate of drug-likeness (QED) is 0.615. The van der Waals surface area contributed by atoms with Gasteiger partial charge >= 0.3 is 0 Å². The van der Waals surface area contributed by atoms with Gasteiger partial charge < -0.3 is 14.5 Å². The topological polar surface area (TPSA) is 68.5 Å². The largest absolute Gasteiger partial charge is 0.491 e. The Morgan fingerprint density at radius 2 is 1.75 bits per heavy atom. The van der Waals surface area contributed by atoms with Gasteiger partial charge in [0.1, 0.15) is 11.5 Å². The Kier molecular flexibility index (Phi) is 6.66. The van der Waals surface area contributed by atoms with Gasteiger partial charge in [-0.1, -0.05) is 30.3 Å². The highest BCUT2D eigenvalue weighted by Gasteiger charge is 2.13. The van der Waals surface area contributed by atoms with Gasteiger partial charge in [0.05, 0.1) is 22.7 Å². The normalized spacial score (nSPS) is 12.0. The first kappa shape index (κ1) is 19.9. The van der Waals surface area contributed by atoms with Crippen LogP contribution in [0.2, 0.25) is 0 Å². The predicted molar refractivity (Wildman–Crippen MR) is 109 cm³/mol. The molecule has 1 N–H and O–H groups in total. The average molecular weight is 397 g/mol. The third-order valence-corrected chi connectivity index (χ3v) is 5.26. The third kappa shape index (κ3) is 5.57. The Balaban J connectivity index is 1.53. The van der Waals surface area contributed by atoms with Crippen molar-refractivity contribution in [1.29, 1.82) is 0 Å². The summed E-state index contributed by atoms with van der Waals surface area (Å²) in [6.45, 7) is 4.33. The minimum absolute atomic E-state index is 0.120. The van der Waals surface area contributed by atoms with E-state index >= 15 is 0 Å². The number of hydrogen-bond donors (Lipinski definition) is 1. The second-order valence-corrected chi connectivity index (χ2v) is 8.01. The van der Waals surface area contributed by atoms with E-state index < -0.39 is 10.8 Å². The lowest BCUT2D eigenvalue weighted by Gasteiger charge is -2.10. The van der Waals surface area contributed by atoms with Crippen LogP contribution in [-0.4, -0.2) is 16.2 Å². The van der Waals surface area contributed by atoms with Gasteiger partial charge in [-0.05, 0) is 55.8 Å². The first-order chi connectivity index (χ1) is 13.5. The third-order valence-electron chi connectivity index (χ3n) is 3.91. The number of carbonyl (C=O) groups excluding carboxylic acids is 1. The zero-order chi connectivity index (χ0) is 19.9. The van der Waals surface area contributed by atoms with Crippen molar-refractivity contribution in [3.8, 4) is 5.75 Å². The standard InChI is InChI=1S/C22H23NO4S/c1-16(2)26-18-10-8-17(9-11-18)14-23-22(24)21-13-12-19(27-21)15-28(25)20-6-4-3-5-7-20/h3-13,16H,14-15H2,1-2H3,(H,23,24). The van der Waals surface area contributed by atoms with Crippen molar-refractivity contribution in [3.63, 3.8) is 0 Å². The summed E-state index contributed by atoms with van der Waals surface area (Å²) in [4.78, 5) is 13.0. The van der Waals surface area contributed by atoms with Gasteiger partial charge in [0.15, 0.2) is 5.76 Å². The molecule has 0 saturated carbocycles. The molecule has 5 nitrogen and oxygen atoms in total. The second-order valence-electron chi connectivity index (χ2n) is 6.56. The number of benzene rings is 2. The molecule has 0 aliphatic heterocycles. The van der Waals surface area contributed by atoms with E-state index in [9.17, 15) is 9.00 Å². The lowest BCUT2D eigenvalue weighted by Crippen LogP contribution is -2.22. The zero-order valence-electron chi connectivity index (χ0n) is 15.9. The Morgan fingerprint density at radius 1 is 1.04 bits per heavy atom. The molecule has 146 valence electrons. The molecule has 1 atom stereocenters. The molecule has 0 spiro atoms. The monoisotopic (exact) mass is 397 g/mol. The van der Waals surface area contributed by atoms with Crippen molar-refractivity contribution < 1.29 is 18.2 Å². The van der Waals surface area contributed by atoms with E-state index in [1.54, 1.807) is 12.1 Å². The molecule has 0 saturated heterocycles. The van der Waals surface area contributed by atoms with Crippen LogP contribution in [0.1, 0.15) is 35.7 Å². The van der Waals surface area contributed by atoms with Crippen LogP contribution in [0.5, 0.6) is 5.75 Å². The first-order valence-electron chi connectivity index (χ1n) is 9.07. The van der Waals surface area contributed by atoms with Crippen molar-refractivity contribution in [2.45, 2.75) is 37.1 Å². The first-order valence-corrected chi connectivity index (χ1v) is 10.4. The summed E-state index contributed by atoms with van der Waals surface area (Å²) in [5.41, 5.74) is 0.960. The molecule has 28 heavy (non-hydrogen) atoms. The van der Waals surface area contributed by atoms with Crippen LogP contribution in [0.25, 0.3) is 0 Å². The predicted octanol–water partition coefficient (Wildman–Crippen LogP) is 4.30. The molecule has 1 aromatic heterocycles. The van der Waals surface area contributed by atoms with Crippen LogP contribution in [0, 0.1) is 0 Å². The van der Waals surface area contributed by atoms with E-state index in [2.05, 4.69) is 5.32 Å². The van der Waals surface area contributed by atoms with Crippen molar-refractivity contribution in [1.82, 2.24) is 5.32 Å². The number of hydrogen-bond acceptors (Lipinski definition) is 4. The summed E-state index contributed by atoms with van der Waals surface area (Å²) in [7, 11) is -1.21. The van der Waals surface area contributed by atoms with Crippen LogP contribution in [0.3, 0.4) is 0 Å². The maximum atomic E-state index is 12.3. The Bertz CT molecular complexity index is 933. The zero-order valence-corrected chi connectivity index (χ0v) is 16.7. The molecule has 0 radical (unpaired) electrons. The van der Waals surface area contributed by atoms with Crippen LogP contribution in [-0.2, 0) is 23.1 Å². The van der Waals surface area contributed by atoms with Crippen LogP contribution < -0.4 is 10.1 Å². The summed E-state index contributed by atoms with van der Waals surface area (Å²) in [5, 5.41) is 2.82. The highest BCUT2D eigenvalue weighted by Crippen LogP contribution is 2.16. The molecule has 0 fully saturated rings. The summed E-state index contributed by atoms with van der Waals surface area (Å²) >= 11 is 0. The summed E-state index contributed by atoms with van der Waals surface area (Å²) in [6, 6.07) is 20.1. The molecular formula is C22H23NO4S. The van der Waals surface area contributed by atoms with Gasteiger partial charge in [-0.2, -0.15) is 0 Å². The van der Waals surface area contributed by atoms with E-state index in [1.807, 2.05) is 68.4 Å². The molecule has 6 heteroatoms. The minimum Gasteiger partial charge on any atom is -0.491 e. The highest BCUT2D eigenvalue weighted by atomic mass is 32.2. The smallest absolute Gasteiger partial charge is 0.287 e. The average Bonchev–Trinajstić information content (AvgIpc) is 3.16. The SMILES string of the molecule is CC(C)Oc1ccc(CNC(=O)c2ccc(CS(=O)c3ccccc3)o2)cc1. The minimum atomic E-state index is -1.21. The summed E-state index contributed by atoms with van der Waals surface area (Å²) in [6.07, 6.45) is 0.120. The van der Waals surface area contributed by atoms with Crippen molar-refractivity contribution in [2.75, 3.05) is 0 Å². The van der Waals surface area contributed by atoms with E-state index in [0.717, 1.165) is 16.2 Å². The number of furan rings is 1. The number of carbonyl (C=O) groups is 1. The molecule has 1 unspecified atom stereocenters. The maximum absolute atomic E-state index is 12.3. The Morgan fingerprint density at radius 3 is 2.43 bits per heavy atom. The molecule has 3 rings (SSSR count). The van der Waals surface area contributed by atoms with Crippen LogP contribution >= 0.6 is 0 Å². The fourth-order valence-electron chi connectivity index (χ4n) is 2.59. The van der Waals surface area contributed by atoms with E-state index in [1.165, 1.54) is 0 Å². The maximum Gasteiger partial charge on any atom is 0.287 e. The van der Waals surface area contributed by atoms with Crippen molar-refractivity contribution >= 4 is 16.7 Å². The molecule has 2 aromatic carbocycles. The summed E-state index contributed by atoms with van der Waals surface area (Å²) < 4.78 is 23.5. The molecule has 3 aromatic rings. The van der Waals surface area contributed by atoms with Gasteiger partial charge in [-0.3, -0.25) is 9.00 Å². The molecular weight excluding hydrogens is 374 g/mol. The van der Waals surface area contributed by atoms with Gasteiger partial charge in [-0.15, -0.1) is 0 Å². The lowest BCUT2D eigenvalue weighted by molar-refractivity contribution is 0.0921. The Hall–Kier alpha value is -2.86. The van der Waals surface area contributed by atoms with Gasteiger partial charge in [0.2, 0.25) is 0 Å². The van der Waals surface area contributed by atoms with E-state index in [4.69, 9.17) is 9.15 Å². The molecule has 0 bridgehead atoms. The number of rotatable bonds is 8. The van der Waals surface area contributed by atoms with Gasteiger partial charge in [0.25, 0.3) is 5.91 Å². The molecule has 1 amide bonds. The number of ether oxygens (including phenoxy) is 1. The highest BCUT2D eigenvalue weighted by molar-refractivity contribution is 7.84. The molecule has 0 aliphatic carbocycles. The fraction of sp³-hybridized carbons (Fsp3) is 0.227. The van der Waals surface area contributed by atoms with Crippen LogP contribution in [0.4, 0.5) is 0 Å². The van der Waals surface area contributed by atoms with Gasteiger partial charge in [0, 0.05) is 11.4 Å². The van der Waals surface area contributed by atoms with Crippen molar-refractivity contribution in [2.24, 2.45) is 0 Å². The Labute approximate surface area is 167 Å². The van der Waals surface area contributed by atoms with Crippen LogP contribution in [0.15, 0.2) is 76.0 Å². The van der Waals surface area contributed by atoms with Crippen molar-refractivity contribution in [3.05, 3.63) is 83.8 Å². The van der Waals surface area contributed by atoms with Gasteiger partial charge in [-0.25, -0.2) is 0 Å². The summed E-state index contributed by atoms with van der Waals surface area (Å²) in [5.74, 6) is 1.45. The fourth-order valence-corrected chi connectivity index (χ4v) is 3.63. The number of nitrogens with one attached hydrogen (secondary N) is 1. The van der Waals surface area contributed by atoms with E-state index in [-0.39, 0.29) is 23.5 Å². The second kappa shape index (κ2) is 9.37. The molecule has 1 heterocycles. The van der Waals surface area contributed by atoms with E-state index in [0.29, 0.717) is 12.3 Å². The lowest BCUT2D eigenvalue weighted by atomic mass is 10.2. The number of amides is 1. The molecule has 0 aliphatic rings.